The molecule has 1 saturated heterocycles. The van der Waals surface area contributed by atoms with Gasteiger partial charge in [-0.1, -0.05) is 54.2 Å². The fraction of sp³-hybridized carbons (Fsp3) is 0.179. The van der Waals surface area contributed by atoms with E-state index in [0.29, 0.717) is 39.7 Å². The molecule has 37 heavy (non-hydrogen) atoms. The van der Waals surface area contributed by atoms with Crippen molar-refractivity contribution in [2.24, 2.45) is 0 Å². The quantitative estimate of drug-likeness (QED) is 0.234. The summed E-state index contributed by atoms with van der Waals surface area (Å²) in [5.74, 6) is 0.346. The zero-order valence-corrected chi connectivity index (χ0v) is 23.8. The average Bonchev–Trinajstić information content (AvgIpc) is 3.12. The van der Waals surface area contributed by atoms with Crippen LogP contribution < -0.4 is 14.9 Å². The Morgan fingerprint density at radius 1 is 1.08 bits per heavy atom. The van der Waals surface area contributed by atoms with Crippen molar-refractivity contribution in [2.75, 3.05) is 6.61 Å². The third-order valence-corrected chi connectivity index (χ3v) is 7.55. The predicted molar refractivity (Wildman–Crippen MR) is 154 cm³/mol. The first kappa shape index (κ1) is 26.9. The number of carbonyl (C=O) groups excluding carboxylic acids is 2. The SMILES string of the molecule is CCOc1cc(/C=C2\SC(=S)N(NC(=O)c3ccccc3C)C2=O)cc(Br)c1OCc1ccccc1C. The van der Waals surface area contributed by atoms with Crippen LogP contribution in [0, 0.1) is 13.8 Å². The average molecular weight is 598 g/mol. The second kappa shape index (κ2) is 11.9. The van der Waals surface area contributed by atoms with E-state index >= 15 is 0 Å². The molecule has 1 aliphatic heterocycles. The molecule has 0 unspecified atom stereocenters. The van der Waals surface area contributed by atoms with Gasteiger partial charge in [-0.05, 0) is 95.4 Å². The first-order chi connectivity index (χ1) is 17.8. The molecule has 9 heteroatoms. The fourth-order valence-electron chi connectivity index (χ4n) is 3.70. The van der Waals surface area contributed by atoms with Crippen LogP contribution in [0.4, 0.5) is 0 Å². The molecule has 0 aliphatic carbocycles. The van der Waals surface area contributed by atoms with Crippen LogP contribution in [-0.4, -0.2) is 27.8 Å². The Morgan fingerprint density at radius 2 is 1.78 bits per heavy atom. The zero-order valence-electron chi connectivity index (χ0n) is 20.5. The predicted octanol–water partition coefficient (Wildman–Crippen LogP) is 6.59. The number of rotatable bonds is 8. The number of ether oxygens (including phenoxy) is 2. The number of hydrogen-bond donors (Lipinski definition) is 1. The lowest BCUT2D eigenvalue weighted by Gasteiger charge is -2.16. The van der Waals surface area contributed by atoms with Gasteiger partial charge in [0.1, 0.15) is 6.61 Å². The van der Waals surface area contributed by atoms with Crippen LogP contribution in [0.25, 0.3) is 6.08 Å². The van der Waals surface area contributed by atoms with Gasteiger partial charge in [-0.2, -0.15) is 5.01 Å². The number of nitrogens with one attached hydrogen (secondary N) is 1. The highest BCUT2D eigenvalue weighted by Crippen LogP contribution is 2.39. The van der Waals surface area contributed by atoms with Crippen LogP contribution in [0.2, 0.25) is 0 Å². The molecule has 3 aromatic carbocycles. The minimum absolute atomic E-state index is 0.250. The zero-order chi connectivity index (χ0) is 26.5. The fourth-order valence-corrected chi connectivity index (χ4v) is 5.45. The van der Waals surface area contributed by atoms with Crippen molar-refractivity contribution in [2.45, 2.75) is 27.4 Å². The smallest absolute Gasteiger partial charge is 0.285 e. The molecule has 0 atom stereocenters. The second-order valence-corrected chi connectivity index (χ2v) is 10.8. The highest BCUT2D eigenvalue weighted by molar-refractivity contribution is 9.10. The third-order valence-electron chi connectivity index (χ3n) is 5.66. The van der Waals surface area contributed by atoms with Gasteiger partial charge in [-0.3, -0.25) is 15.0 Å². The molecule has 3 aromatic rings. The van der Waals surface area contributed by atoms with Gasteiger partial charge in [-0.25, -0.2) is 0 Å². The lowest BCUT2D eigenvalue weighted by molar-refractivity contribution is -0.123. The van der Waals surface area contributed by atoms with Crippen LogP contribution in [-0.2, 0) is 11.4 Å². The maximum absolute atomic E-state index is 13.1. The maximum Gasteiger partial charge on any atom is 0.285 e. The molecule has 0 bridgehead atoms. The summed E-state index contributed by atoms with van der Waals surface area (Å²) in [6, 6.07) is 18.9. The van der Waals surface area contributed by atoms with Gasteiger partial charge in [0.15, 0.2) is 15.8 Å². The monoisotopic (exact) mass is 596 g/mol. The van der Waals surface area contributed by atoms with Crippen LogP contribution in [0.5, 0.6) is 11.5 Å². The molecule has 0 spiro atoms. The molecule has 6 nitrogen and oxygen atoms in total. The summed E-state index contributed by atoms with van der Waals surface area (Å²) in [6.07, 6.45) is 1.72. The maximum atomic E-state index is 13.1. The third kappa shape index (κ3) is 6.23. The van der Waals surface area contributed by atoms with E-state index in [1.165, 1.54) is 0 Å². The Morgan fingerprint density at radius 3 is 2.49 bits per heavy atom. The number of aryl methyl sites for hydroxylation is 2. The number of hydrazine groups is 1. The van der Waals surface area contributed by atoms with Crippen LogP contribution in [0.3, 0.4) is 0 Å². The topological polar surface area (TPSA) is 67.9 Å². The van der Waals surface area contributed by atoms with E-state index in [9.17, 15) is 9.59 Å². The number of halogens is 1. The number of thioether (sulfide) groups is 1. The summed E-state index contributed by atoms with van der Waals surface area (Å²) in [7, 11) is 0. The Balaban J connectivity index is 1.55. The van der Waals surface area contributed by atoms with Crippen molar-refractivity contribution >= 4 is 62.1 Å². The molecular weight excluding hydrogens is 572 g/mol. The van der Waals surface area contributed by atoms with Gasteiger partial charge in [0.2, 0.25) is 0 Å². The molecule has 2 amide bonds. The van der Waals surface area contributed by atoms with Gasteiger partial charge in [-0.15, -0.1) is 0 Å². The van der Waals surface area contributed by atoms with E-state index in [2.05, 4.69) is 21.4 Å². The summed E-state index contributed by atoms with van der Waals surface area (Å²) in [6.45, 7) is 6.61. The van der Waals surface area contributed by atoms with Gasteiger partial charge in [0.25, 0.3) is 11.8 Å². The summed E-state index contributed by atoms with van der Waals surface area (Å²) in [4.78, 5) is 26.2. The molecule has 190 valence electrons. The highest BCUT2D eigenvalue weighted by atomic mass is 79.9. The minimum Gasteiger partial charge on any atom is -0.490 e. The molecule has 1 fully saturated rings. The van der Waals surface area contributed by atoms with Crippen molar-refractivity contribution in [1.82, 2.24) is 10.4 Å². The van der Waals surface area contributed by atoms with Crippen LogP contribution >= 0.6 is 39.9 Å². The van der Waals surface area contributed by atoms with Crippen molar-refractivity contribution in [3.63, 3.8) is 0 Å². The molecule has 0 aromatic heterocycles. The Hall–Kier alpha value is -3.14. The Labute approximate surface area is 234 Å². The molecule has 1 N–H and O–H groups in total. The number of carbonyl (C=O) groups is 2. The van der Waals surface area contributed by atoms with E-state index in [-0.39, 0.29) is 4.32 Å². The van der Waals surface area contributed by atoms with E-state index in [4.69, 9.17) is 21.7 Å². The van der Waals surface area contributed by atoms with Gasteiger partial charge < -0.3 is 9.47 Å². The normalized spacial score (nSPS) is 14.3. The van der Waals surface area contributed by atoms with E-state index < -0.39 is 11.8 Å². The number of amides is 2. The molecular formula is C28H25BrN2O4S2. The lowest BCUT2D eigenvalue weighted by Crippen LogP contribution is -2.45. The van der Waals surface area contributed by atoms with Crippen molar-refractivity contribution in [1.29, 1.82) is 0 Å². The van der Waals surface area contributed by atoms with Crippen molar-refractivity contribution in [3.05, 3.63) is 97.9 Å². The standard InChI is InChI=1S/C28H25BrN2O4S2/c1-4-34-23-14-19(13-22(29)25(23)35-16-20-11-7-5-9-17(20)2)15-24-27(33)31(28(36)37-24)30-26(32)21-12-8-6-10-18(21)3/h5-15H,4,16H2,1-3H3,(H,30,32)/b24-15-. The molecule has 0 radical (unpaired) electrons. The summed E-state index contributed by atoms with van der Waals surface area (Å²) >= 11 is 10.1. The minimum atomic E-state index is -0.397. The molecule has 1 aliphatic rings. The first-order valence-corrected chi connectivity index (χ1v) is 13.6. The summed E-state index contributed by atoms with van der Waals surface area (Å²) in [5, 5.41) is 1.11. The molecule has 1 heterocycles. The van der Waals surface area contributed by atoms with Crippen molar-refractivity contribution < 1.29 is 19.1 Å². The summed E-state index contributed by atoms with van der Waals surface area (Å²) < 4.78 is 12.9. The van der Waals surface area contributed by atoms with E-state index in [1.54, 1.807) is 18.2 Å². The number of nitrogens with zero attached hydrogens (tertiary/aromatic N) is 1. The van der Waals surface area contributed by atoms with E-state index in [1.807, 2.05) is 69.3 Å². The van der Waals surface area contributed by atoms with Gasteiger partial charge >= 0.3 is 0 Å². The Bertz CT molecular complexity index is 1410. The first-order valence-electron chi connectivity index (χ1n) is 11.6. The highest BCUT2D eigenvalue weighted by Gasteiger charge is 2.34. The molecule has 0 saturated carbocycles. The Kier molecular flexibility index (Phi) is 8.68. The largest absolute Gasteiger partial charge is 0.490 e. The van der Waals surface area contributed by atoms with Gasteiger partial charge in [0.05, 0.1) is 16.0 Å². The van der Waals surface area contributed by atoms with E-state index in [0.717, 1.165) is 39.0 Å². The van der Waals surface area contributed by atoms with Crippen LogP contribution in [0.15, 0.2) is 70.0 Å². The lowest BCUT2D eigenvalue weighted by atomic mass is 10.1. The number of benzene rings is 3. The van der Waals surface area contributed by atoms with Crippen molar-refractivity contribution in [3.8, 4) is 11.5 Å². The molecule has 4 rings (SSSR count). The second-order valence-electron chi connectivity index (χ2n) is 8.25. The number of hydrogen-bond acceptors (Lipinski definition) is 6. The van der Waals surface area contributed by atoms with Crippen LogP contribution in [0.1, 0.15) is 39.5 Å². The summed E-state index contributed by atoms with van der Waals surface area (Å²) in [5.41, 5.74) is 6.86. The van der Waals surface area contributed by atoms with Gasteiger partial charge in [0, 0.05) is 5.56 Å². The number of thiocarbonyl (C=S) groups is 1.